The average molecular weight is 582 g/mol. The summed E-state index contributed by atoms with van der Waals surface area (Å²) >= 11 is 1.16. The number of hydrogen-bond acceptors (Lipinski definition) is 8. The van der Waals surface area contributed by atoms with E-state index >= 15 is 0 Å². The summed E-state index contributed by atoms with van der Waals surface area (Å²) in [7, 11) is 4.68. The van der Waals surface area contributed by atoms with E-state index in [1.165, 1.54) is 0 Å². The number of ether oxygens (including phenoxy) is 3. The number of methoxy groups -OCH3 is 3. The fourth-order valence-electron chi connectivity index (χ4n) is 4.17. The Morgan fingerprint density at radius 2 is 1.14 bits per heavy atom. The summed E-state index contributed by atoms with van der Waals surface area (Å²) in [5.41, 5.74) is 2.27. The number of thioether (sulfide) groups is 1. The zero-order valence-corrected chi connectivity index (χ0v) is 23.9. The van der Waals surface area contributed by atoms with Crippen LogP contribution < -0.4 is 29.7 Å². The summed E-state index contributed by atoms with van der Waals surface area (Å²) in [4.78, 5) is 42.0. The maximum absolute atomic E-state index is 13.7. The van der Waals surface area contributed by atoms with Crippen LogP contribution >= 0.6 is 11.8 Å². The fraction of sp³-hybridized carbons (Fsp3) is 0.0938. The van der Waals surface area contributed by atoms with Crippen molar-refractivity contribution in [2.24, 2.45) is 0 Å². The van der Waals surface area contributed by atoms with Gasteiger partial charge in [0.1, 0.15) is 27.9 Å². The van der Waals surface area contributed by atoms with E-state index in [1.807, 2.05) is 0 Å². The molecule has 0 bridgehead atoms. The molecule has 3 amide bonds. The first-order valence-corrected chi connectivity index (χ1v) is 13.6. The molecule has 212 valence electrons. The minimum absolute atomic E-state index is 0.155. The lowest BCUT2D eigenvalue weighted by Crippen LogP contribution is -2.32. The molecular formula is C32H27N3O6S. The van der Waals surface area contributed by atoms with E-state index in [4.69, 9.17) is 14.2 Å². The van der Waals surface area contributed by atoms with Gasteiger partial charge in [-0.1, -0.05) is 11.8 Å². The molecule has 0 unspecified atom stereocenters. The molecule has 1 aliphatic rings. The quantitative estimate of drug-likeness (QED) is 0.221. The summed E-state index contributed by atoms with van der Waals surface area (Å²) in [5.74, 6) is 0.732. The standard InChI is InChI=1S/C32H27N3O6S/c1-39-24-12-4-20(5-13-24)30(36)34-22-8-18-27(19-9-22)42-29-28(33-21-6-14-25(40-2)15-7-21)31(37)35(32(29)38)23-10-16-26(41-3)17-11-23/h4-19,33H,1-3H3,(H,34,36). The smallest absolute Gasteiger partial charge is 0.283 e. The van der Waals surface area contributed by atoms with Gasteiger partial charge in [0, 0.05) is 21.8 Å². The SMILES string of the molecule is COc1ccc(NC2=C(Sc3ccc(NC(=O)c4ccc(OC)cc4)cc3)C(=O)N(c3ccc(OC)cc3)C2=O)cc1. The van der Waals surface area contributed by atoms with E-state index < -0.39 is 11.8 Å². The molecule has 0 atom stereocenters. The van der Waals surface area contributed by atoms with Gasteiger partial charge in [0.2, 0.25) is 0 Å². The second-order valence-corrected chi connectivity index (χ2v) is 10.1. The van der Waals surface area contributed by atoms with E-state index in [0.29, 0.717) is 44.8 Å². The third-order valence-corrected chi connectivity index (χ3v) is 7.51. The second-order valence-electron chi connectivity index (χ2n) is 9.01. The highest BCUT2D eigenvalue weighted by Gasteiger charge is 2.40. The van der Waals surface area contributed by atoms with Crippen molar-refractivity contribution >= 4 is 46.5 Å². The van der Waals surface area contributed by atoms with Crippen LogP contribution in [0.2, 0.25) is 0 Å². The summed E-state index contributed by atoms with van der Waals surface area (Å²) in [6.07, 6.45) is 0. The third-order valence-electron chi connectivity index (χ3n) is 6.42. The molecule has 0 saturated heterocycles. The van der Waals surface area contributed by atoms with Crippen molar-refractivity contribution < 1.29 is 28.6 Å². The van der Waals surface area contributed by atoms with Gasteiger partial charge in [-0.3, -0.25) is 14.4 Å². The topological polar surface area (TPSA) is 106 Å². The molecule has 4 aromatic rings. The summed E-state index contributed by atoms with van der Waals surface area (Å²) in [6.45, 7) is 0. The fourth-order valence-corrected chi connectivity index (χ4v) is 5.10. The Kier molecular flexibility index (Phi) is 8.44. The molecule has 9 nitrogen and oxygen atoms in total. The number of hydrogen-bond donors (Lipinski definition) is 2. The van der Waals surface area contributed by atoms with Crippen LogP contribution in [0, 0.1) is 0 Å². The monoisotopic (exact) mass is 581 g/mol. The van der Waals surface area contributed by atoms with Gasteiger partial charge in [0.25, 0.3) is 17.7 Å². The Bertz CT molecular complexity index is 1630. The number of benzene rings is 4. The predicted octanol–water partition coefficient (Wildman–Crippen LogP) is 5.95. The number of rotatable bonds is 10. The van der Waals surface area contributed by atoms with Crippen LogP contribution in [-0.4, -0.2) is 39.1 Å². The van der Waals surface area contributed by atoms with Crippen molar-refractivity contribution in [2.45, 2.75) is 4.90 Å². The summed E-state index contributed by atoms with van der Waals surface area (Å²) < 4.78 is 15.6. The van der Waals surface area contributed by atoms with Gasteiger partial charge in [0.15, 0.2) is 0 Å². The van der Waals surface area contributed by atoms with Gasteiger partial charge in [0.05, 0.1) is 27.0 Å². The van der Waals surface area contributed by atoms with Crippen LogP contribution in [0.25, 0.3) is 0 Å². The van der Waals surface area contributed by atoms with Crippen LogP contribution in [-0.2, 0) is 9.59 Å². The maximum Gasteiger partial charge on any atom is 0.283 e. The predicted molar refractivity (Wildman–Crippen MR) is 162 cm³/mol. The molecule has 0 aromatic heterocycles. The number of carbonyl (C=O) groups excluding carboxylic acids is 3. The average Bonchev–Trinajstić information content (AvgIpc) is 3.26. The molecule has 4 aromatic carbocycles. The normalized spacial score (nSPS) is 12.8. The van der Waals surface area contributed by atoms with Crippen molar-refractivity contribution in [3.8, 4) is 17.2 Å². The molecule has 0 fully saturated rings. The Balaban J connectivity index is 1.38. The van der Waals surface area contributed by atoms with Crippen LogP contribution in [0.5, 0.6) is 17.2 Å². The van der Waals surface area contributed by atoms with Crippen molar-refractivity contribution in [3.63, 3.8) is 0 Å². The molecule has 0 radical (unpaired) electrons. The number of amides is 3. The highest BCUT2D eigenvalue weighted by atomic mass is 32.2. The first kappa shape index (κ1) is 28.3. The molecule has 2 N–H and O–H groups in total. The van der Waals surface area contributed by atoms with E-state index in [9.17, 15) is 14.4 Å². The lowest BCUT2D eigenvalue weighted by molar-refractivity contribution is -0.120. The second kappa shape index (κ2) is 12.5. The Hall–Kier alpha value is -5.22. The third kappa shape index (κ3) is 6.08. The zero-order chi connectivity index (χ0) is 29.6. The minimum Gasteiger partial charge on any atom is -0.497 e. The molecule has 0 aliphatic carbocycles. The van der Waals surface area contributed by atoms with Crippen molar-refractivity contribution in [2.75, 3.05) is 36.9 Å². The summed E-state index contributed by atoms with van der Waals surface area (Å²) in [5, 5.41) is 5.99. The maximum atomic E-state index is 13.7. The van der Waals surface area contributed by atoms with Crippen molar-refractivity contribution in [1.29, 1.82) is 0 Å². The van der Waals surface area contributed by atoms with Gasteiger partial charge in [-0.25, -0.2) is 4.90 Å². The lowest BCUT2D eigenvalue weighted by atomic mass is 10.2. The molecule has 10 heteroatoms. The number of nitrogens with zero attached hydrogens (tertiary/aromatic N) is 1. The molecule has 42 heavy (non-hydrogen) atoms. The van der Waals surface area contributed by atoms with E-state index in [0.717, 1.165) is 16.7 Å². The molecule has 0 spiro atoms. The number of imide groups is 1. The first-order chi connectivity index (χ1) is 20.4. The lowest BCUT2D eigenvalue weighted by Gasteiger charge is -2.15. The Labute approximate surface area is 247 Å². The van der Waals surface area contributed by atoms with Gasteiger partial charge in [-0.15, -0.1) is 0 Å². The zero-order valence-electron chi connectivity index (χ0n) is 23.0. The van der Waals surface area contributed by atoms with Crippen LogP contribution in [0.4, 0.5) is 17.1 Å². The molecular weight excluding hydrogens is 554 g/mol. The van der Waals surface area contributed by atoms with Gasteiger partial charge < -0.3 is 24.8 Å². The Morgan fingerprint density at radius 3 is 1.69 bits per heavy atom. The van der Waals surface area contributed by atoms with Crippen LogP contribution in [0.15, 0.2) is 113 Å². The number of anilines is 3. The van der Waals surface area contributed by atoms with Gasteiger partial charge >= 0.3 is 0 Å². The molecule has 0 saturated carbocycles. The van der Waals surface area contributed by atoms with Gasteiger partial charge in [-0.2, -0.15) is 0 Å². The van der Waals surface area contributed by atoms with Crippen LogP contribution in [0.1, 0.15) is 10.4 Å². The highest BCUT2D eigenvalue weighted by Crippen LogP contribution is 2.38. The van der Waals surface area contributed by atoms with Crippen molar-refractivity contribution in [3.05, 3.63) is 113 Å². The largest absolute Gasteiger partial charge is 0.497 e. The van der Waals surface area contributed by atoms with E-state index in [-0.39, 0.29) is 16.5 Å². The van der Waals surface area contributed by atoms with Gasteiger partial charge in [-0.05, 0) is 97.1 Å². The highest BCUT2D eigenvalue weighted by molar-refractivity contribution is 8.04. The molecule has 1 aliphatic heterocycles. The number of carbonyl (C=O) groups is 3. The minimum atomic E-state index is -0.480. The van der Waals surface area contributed by atoms with Crippen molar-refractivity contribution in [1.82, 2.24) is 0 Å². The summed E-state index contributed by atoms with van der Waals surface area (Å²) in [6, 6.07) is 27.6. The molecule has 5 rings (SSSR count). The first-order valence-electron chi connectivity index (χ1n) is 12.8. The van der Waals surface area contributed by atoms with Crippen LogP contribution in [0.3, 0.4) is 0 Å². The molecule has 1 heterocycles. The number of nitrogens with one attached hydrogen (secondary N) is 2. The Morgan fingerprint density at radius 1 is 0.643 bits per heavy atom. The van der Waals surface area contributed by atoms with E-state index in [2.05, 4.69) is 10.6 Å². The van der Waals surface area contributed by atoms with E-state index in [1.54, 1.807) is 118 Å².